The summed E-state index contributed by atoms with van der Waals surface area (Å²) in [6, 6.07) is 7.38. The van der Waals surface area contributed by atoms with Crippen molar-refractivity contribution in [2.75, 3.05) is 19.4 Å². The average molecular weight is 385 g/mol. The van der Waals surface area contributed by atoms with Crippen LogP contribution in [-0.2, 0) is 0 Å². The summed E-state index contributed by atoms with van der Waals surface area (Å²) in [5.41, 5.74) is 0.964. The number of aliphatic hydroxyl groups excluding tert-OH is 1. The van der Waals surface area contributed by atoms with E-state index in [1.54, 1.807) is 17.7 Å². The number of hydrogen-bond donors (Lipinski definition) is 2. The van der Waals surface area contributed by atoms with Crippen molar-refractivity contribution in [2.24, 2.45) is 0 Å². The van der Waals surface area contributed by atoms with Gasteiger partial charge >= 0.3 is 0 Å². The van der Waals surface area contributed by atoms with E-state index in [9.17, 15) is 5.11 Å². The first kappa shape index (κ1) is 18.6. The average Bonchev–Trinajstić information content (AvgIpc) is 3.06. The van der Waals surface area contributed by atoms with Crippen molar-refractivity contribution < 1.29 is 5.11 Å². The highest BCUT2D eigenvalue weighted by Crippen LogP contribution is 2.38. The Morgan fingerprint density at radius 3 is 2.70 bits per heavy atom. The van der Waals surface area contributed by atoms with Gasteiger partial charge in [-0.3, -0.25) is 0 Å². The van der Waals surface area contributed by atoms with Gasteiger partial charge in [0.2, 0.25) is 0 Å². The lowest BCUT2D eigenvalue weighted by Crippen LogP contribution is -2.36. The quantitative estimate of drug-likeness (QED) is 0.675. The van der Waals surface area contributed by atoms with Crippen molar-refractivity contribution >= 4 is 37.5 Å². The Kier molecular flexibility index (Phi) is 5.30. The molecule has 27 heavy (non-hydrogen) atoms. The third-order valence-electron chi connectivity index (χ3n) is 5.83. The van der Waals surface area contributed by atoms with Crippen LogP contribution >= 0.6 is 11.3 Å². The predicted molar refractivity (Wildman–Crippen MR) is 114 cm³/mol. The maximum Gasteiger partial charge on any atom is 0.139 e. The summed E-state index contributed by atoms with van der Waals surface area (Å²) in [6.45, 7) is 2.00. The molecule has 0 amide bonds. The lowest BCUT2D eigenvalue weighted by Gasteiger charge is -2.33. The van der Waals surface area contributed by atoms with Crippen LogP contribution in [0.3, 0.4) is 0 Å². The minimum absolute atomic E-state index is 0.424. The molecule has 0 aliphatic heterocycles. The number of benzene rings is 1. The molecule has 2 heterocycles. The molecule has 6 heteroatoms. The fraction of sp³-hybridized carbons (Fsp3) is 0.524. The molecule has 0 radical (unpaired) electrons. The van der Waals surface area contributed by atoms with Gasteiger partial charge in [0, 0.05) is 22.2 Å². The number of rotatable bonds is 5. The summed E-state index contributed by atoms with van der Waals surface area (Å²) in [7, 11) is 4.35. The molecule has 0 saturated heterocycles. The topological polar surface area (TPSA) is 61.3 Å². The summed E-state index contributed by atoms with van der Waals surface area (Å²) in [4.78, 5) is 12.4. The van der Waals surface area contributed by atoms with E-state index in [0.717, 1.165) is 39.8 Å². The minimum atomic E-state index is -0.424. The Morgan fingerprint density at radius 1 is 1.22 bits per heavy atom. The largest absolute Gasteiger partial charge is 0.388 e. The Bertz CT molecular complexity index is 930. The Morgan fingerprint density at radius 2 is 2.00 bits per heavy atom. The van der Waals surface area contributed by atoms with E-state index in [2.05, 4.69) is 46.4 Å². The van der Waals surface area contributed by atoms with Crippen molar-refractivity contribution in [3.63, 3.8) is 0 Å². The van der Waals surface area contributed by atoms with E-state index in [1.807, 2.05) is 13.0 Å². The fourth-order valence-corrected chi connectivity index (χ4v) is 5.13. The number of thiophene rings is 1. The van der Waals surface area contributed by atoms with Crippen molar-refractivity contribution in [1.82, 2.24) is 14.9 Å². The van der Waals surface area contributed by atoms with Crippen LogP contribution in [0.1, 0.15) is 50.7 Å². The van der Waals surface area contributed by atoms with E-state index in [-0.39, 0.29) is 0 Å². The zero-order valence-corrected chi connectivity index (χ0v) is 17.1. The van der Waals surface area contributed by atoms with Gasteiger partial charge in [-0.2, -0.15) is 0 Å². The van der Waals surface area contributed by atoms with Crippen LogP contribution in [0.25, 0.3) is 20.3 Å². The monoisotopic (exact) mass is 384 g/mol. The van der Waals surface area contributed by atoms with Crippen molar-refractivity contribution in [1.29, 1.82) is 0 Å². The van der Waals surface area contributed by atoms with Gasteiger partial charge in [0.15, 0.2) is 0 Å². The molecular weight excluding hydrogens is 356 g/mol. The number of nitrogens with zero attached hydrogens (tertiary/aromatic N) is 3. The summed E-state index contributed by atoms with van der Waals surface area (Å²) >= 11 is 1.69. The fourth-order valence-electron chi connectivity index (χ4n) is 4.11. The molecule has 1 saturated carbocycles. The summed E-state index contributed by atoms with van der Waals surface area (Å²) in [5, 5.41) is 16.2. The highest BCUT2D eigenvalue weighted by atomic mass is 32.1. The Labute approximate surface area is 164 Å². The molecule has 4 rings (SSSR count). The van der Waals surface area contributed by atoms with Gasteiger partial charge in [-0.25, -0.2) is 9.97 Å². The SMILES string of the molecule is CC[C@H](O)c1ccc2sc3ncnc(N[C@H]4CC[C@H](N(C)C)CC4)c3c2c1. The van der Waals surface area contributed by atoms with Crippen molar-refractivity contribution in [3.05, 3.63) is 30.1 Å². The molecule has 1 atom stereocenters. The van der Waals surface area contributed by atoms with Gasteiger partial charge in [-0.05, 0) is 63.9 Å². The van der Waals surface area contributed by atoms with Crippen molar-refractivity contribution in [3.8, 4) is 0 Å². The number of aliphatic hydroxyl groups is 1. The van der Waals surface area contributed by atoms with E-state index in [4.69, 9.17) is 0 Å². The van der Waals surface area contributed by atoms with E-state index >= 15 is 0 Å². The second-order valence-corrected chi connectivity index (χ2v) is 8.83. The molecular formula is C21H28N4OS. The molecule has 144 valence electrons. The summed E-state index contributed by atoms with van der Waals surface area (Å²) in [5.74, 6) is 0.933. The second-order valence-electron chi connectivity index (χ2n) is 7.80. The minimum Gasteiger partial charge on any atom is -0.388 e. The molecule has 2 aromatic heterocycles. The molecule has 1 aliphatic rings. The number of hydrogen-bond acceptors (Lipinski definition) is 6. The number of aromatic nitrogens is 2. The zero-order valence-electron chi connectivity index (χ0n) is 16.3. The van der Waals surface area contributed by atoms with Gasteiger partial charge in [0.1, 0.15) is 17.0 Å². The van der Waals surface area contributed by atoms with Crippen LogP contribution < -0.4 is 5.32 Å². The van der Waals surface area contributed by atoms with Crippen LogP contribution in [0.15, 0.2) is 24.5 Å². The number of nitrogens with one attached hydrogen (secondary N) is 1. The molecule has 0 unspecified atom stereocenters. The Hall–Kier alpha value is -1.76. The first-order valence-electron chi connectivity index (χ1n) is 9.85. The standard InChI is InChI=1S/C21H28N4OS/c1-4-17(26)13-5-10-18-16(11-13)19-20(22-12-23-21(19)27-18)24-14-6-8-15(9-7-14)25(2)3/h5,10-12,14-15,17,26H,4,6-9H2,1-3H3,(H,22,23,24)/t14-,15-,17-/m0/s1. The van der Waals surface area contributed by atoms with Crippen LogP contribution in [0.5, 0.6) is 0 Å². The maximum atomic E-state index is 10.3. The molecule has 2 N–H and O–H groups in total. The molecule has 5 nitrogen and oxygen atoms in total. The highest BCUT2D eigenvalue weighted by Gasteiger charge is 2.23. The van der Waals surface area contributed by atoms with Crippen LogP contribution in [0.2, 0.25) is 0 Å². The van der Waals surface area contributed by atoms with Gasteiger partial charge in [0.25, 0.3) is 0 Å². The molecule has 1 fully saturated rings. The van der Waals surface area contributed by atoms with Gasteiger partial charge < -0.3 is 15.3 Å². The normalized spacial score (nSPS) is 21.8. The van der Waals surface area contributed by atoms with Crippen LogP contribution in [0.4, 0.5) is 5.82 Å². The van der Waals surface area contributed by atoms with E-state index in [0.29, 0.717) is 18.5 Å². The lowest BCUT2D eigenvalue weighted by molar-refractivity contribution is 0.174. The third-order valence-corrected chi connectivity index (χ3v) is 6.91. The lowest BCUT2D eigenvalue weighted by atomic mass is 9.90. The summed E-state index contributed by atoms with van der Waals surface area (Å²) < 4.78 is 1.19. The second kappa shape index (κ2) is 7.70. The van der Waals surface area contributed by atoms with Gasteiger partial charge in [0.05, 0.1) is 11.5 Å². The van der Waals surface area contributed by atoms with Crippen LogP contribution in [0, 0.1) is 0 Å². The van der Waals surface area contributed by atoms with E-state index in [1.165, 1.54) is 17.5 Å². The first-order valence-corrected chi connectivity index (χ1v) is 10.7. The molecule has 1 aliphatic carbocycles. The molecule has 0 bridgehead atoms. The van der Waals surface area contributed by atoms with Gasteiger partial charge in [-0.15, -0.1) is 11.3 Å². The third kappa shape index (κ3) is 3.66. The summed E-state index contributed by atoms with van der Waals surface area (Å²) in [6.07, 6.45) is 6.71. The molecule has 1 aromatic carbocycles. The number of fused-ring (bicyclic) bond motifs is 3. The maximum absolute atomic E-state index is 10.3. The Balaban J connectivity index is 1.66. The van der Waals surface area contributed by atoms with Crippen molar-refractivity contribution in [2.45, 2.75) is 57.2 Å². The zero-order chi connectivity index (χ0) is 19.0. The first-order chi connectivity index (χ1) is 13.1. The molecule has 0 spiro atoms. The van der Waals surface area contributed by atoms with E-state index < -0.39 is 6.10 Å². The van der Waals surface area contributed by atoms with Crippen LogP contribution in [-0.4, -0.2) is 46.2 Å². The predicted octanol–water partition coefficient (Wildman–Crippen LogP) is 4.57. The smallest absolute Gasteiger partial charge is 0.139 e. The number of anilines is 1. The highest BCUT2D eigenvalue weighted by molar-refractivity contribution is 7.25. The molecule has 3 aromatic rings. The van der Waals surface area contributed by atoms with Gasteiger partial charge in [-0.1, -0.05) is 13.0 Å².